The van der Waals surface area contributed by atoms with Gasteiger partial charge in [-0.05, 0) is 77.6 Å². The molecule has 1 saturated heterocycles. The van der Waals surface area contributed by atoms with Crippen LogP contribution < -0.4 is 0 Å². The molecule has 0 amide bonds. The first-order chi connectivity index (χ1) is 17.7. The minimum Gasteiger partial charge on any atom is -0.481 e. The van der Waals surface area contributed by atoms with Crippen molar-refractivity contribution in [3.63, 3.8) is 0 Å². The van der Waals surface area contributed by atoms with E-state index in [1.165, 1.54) is 6.42 Å². The third-order valence-electron chi connectivity index (χ3n) is 7.38. The molecule has 1 saturated carbocycles. The molecule has 1 N–H and O–H groups in total. The summed E-state index contributed by atoms with van der Waals surface area (Å²) in [6.45, 7) is 2.86. The molecule has 0 spiro atoms. The molecule has 0 radical (unpaired) electrons. The molecular weight excluding hydrogens is 443 g/mol. The second-order valence-corrected chi connectivity index (χ2v) is 9.82. The van der Waals surface area contributed by atoms with E-state index in [1.807, 2.05) is 24.3 Å². The fourth-order valence-corrected chi connectivity index (χ4v) is 5.22. The van der Waals surface area contributed by atoms with Crippen LogP contribution in [0, 0.1) is 5.92 Å². The van der Waals surface area contributed by atoms with Gasteiger partial charge >= 0.3 is 5.97 Å². The number of carboxylic acids is 1. The molecular formula is C29H37FN2O3. The number of hydrogen-bond donors (Lipinski definition) is 1. The first kappa shape index (κ1) is 22.7. The molecule has 4 rings (SSSR count). The third kappa shape index (κ3) is 6.29. The van der Waals surface area contributed by atoms with Crippen LogP contribution in [-0.2, 0) is 35.8 Å². The van der Waals surface area contributed by atoms with Crippen LogP contribution in [0.15, 0.2) is 41.6 Å². The van der Waals surface area contributed by atoms with E-state index in [1.54, 1.807) is 19.1 Å². The van der Waals surface area contributed by atoms with Crippen LogP contribution >= 0.6 is 0 Å². The smallest absolute Gasteiger partial charge is 0.309 e. The summed E-state index contributed by atoms with van der Waals surface area (Å²) < 4.78 is 30.8. The van der Waals surface area contributed by atoms with E-state index in [2.05, 4.69) is 17.0 Å². The number of hydrogen-bond acceptors (Lipinski definition) is 4. The zero-order chi connectivity index (χ0) is 26.6. The van der Waals surface area contributed by atoms with Gasteiger partial charge in [0.1, 0.15) is 13.2 Å². The molecule has 0 atom stereocenters. The van der Waals surface area contributed by atoms with Gasteiger partial charge in [0.15, 0.2) is 0 Å². The van der Waals surface area contributed by atoms with Gasteiger partial charge in [-0.15, -0.1) is 0 Å². The zero-order valence-corrected chi connectivity index (χ0v) is 20.7. The van der Waals surface area contributed by atoms with E-state index in [9.17, 15) is 9.18 Å². The molecule has 0 aromatic heterocycles. The molecule has 1 aliphatic heterocycles. The molecule has 1 heterocycles. The number of oxime groups is 1. The summed E-state index contributed by atoms with van der Waals surface area (Å²) in [4.78, 5) is 18.6. The molecule has 0 unspecified atom stereocenters. The van der Waals surface area contributed by atoms with Crippen molar-refractivity contribution in [2.24, 2.45) is 11.1 Å². The predicted molar refractivity (Wildman–Crippen MR) is 136 cm³/mol. The van der Waals surface area contributed by atoms with Gasteiger partial charge in [-0.25, -0.2) is 4.39 Å². The molecule has 2 aliphatic rings. The Morgan fingerprint density at radius 1 is 1.14 bits per heavy atom. The van der Waals surface area contributed by atoms with E-state index in [-0.39, 0.29) is 11.5 Å². The van der Waals surface area contributed by atoms with E-state index in [0.29, 0.717) is 36.8 Å². The molecule has 188 valence electrons. The highest BCUT2D eigenvalue weighted by molar-refractivity contribution is 5.98. The van der Waals surface area contributed by atoms with Crippen molar-refractivity contribution >= 4 is 11.7 Å². The van der Waals surface area contributed by atoms with Crippen molar-refractivity contribution in [1.82, 2.24) is 4.90 Å². The van der Waals surface area contributed by atoms with Crippen molar-refractivity contribution in [2.45, 2.75) is 78.1 Å². The largest absolute Gasteiger partial charge is 0.481 e. The van der Waals surface area contributed by atoms with Gasteiger partial charge in [0.2, 0.25) is 0 Å². The number of nitrogens with zero attached hydrogens (tertiary/aromatic N) is 2. The number of benzene rings is 2. The van der Waals surface area contributed by atoms with Crippen LogP contribution in [-0.4, -0.2) is 34.8 Å². The maximum Gasteiger partial charge on any atom is 0.309 e. The van der Waals surface area contributed by atoms with Gasteiger partial charge in [-0.2, -0.15) is 0 Å². The lowest BCUT2D eigenvalue weighted by Crippen LogP contribution is -2.49. The molecule has 5 nitrogen and oxygen atoms in total. The molecule has 0 bridgehead atoms. The van der Waals surface area contributed by atoms with Crippen molar-refractivity contribution in [2.75, 3.05) is 13.1 Å². The van der Waals surface area contributed by atoms with Crippen molar-refractivity contribution < 1.29 is 21.9 Å². The molecule has 1 aliphatic carbocycles. The number of likely N-dealkylation sites (tertiary alicyclic amines) is 1. The van der Waals surface area contributed by atoms with Gasteiger partial charge in [-0.3, -0.25) is 9.69 Å². The highest BCUT2D eigenvalue weighted by atomic mass is 19.1. The number of carbonyl (C=O) groups is 1. The summed E-state index contributed by atoms with van der Waals surface area (Å²) in [6.07, 6.45) is 6.45. The van der Waals surface area contributed by atoms with Crippen LogP contribution in [0.4, 0.5) is 4.39 Å². The van der Waals surface area contributed by atoms with Gasteiger partial charge in [-0.1, -0.05) is 55.6 Å². The minimum atomic E-state index is -2.19. The highest BCUT2D eigenvalue weighted by Gasteiger charge is 2.32. The minimum absolute atomic E-state index is 0.259. The standard InChI is InChI=1S/C29H37FN2O3/c1-3-22-14-24(10-11-25(22)16-32-17-27(18-32)29(33)34)20(2)31-35-19-21-9-12-28(26(13-21)15-30)23-7-5-4-6-8-23/h9-14,23,27H,3-8,15-19H2,1-2H3,(H,33,34)/b31-20+/i19D2. The number of alkyl halides is 1. The number of aryl methyl sites for hydroxylation is 1. The Kier molecular flexibility index (Phi) is 7.66. The Bertz CT molecular complexity index is 1140. The van der Waals surface area contributed by atoms with Crippen LogP contribution in [0.5, 0.6) is 0 Å². The fourth-order valence-electron chi connectivity index (χ4n) is 5.22. The van der Waals surface area contributed by atoms with Crippen LogP contribution in [0.25, 0.3) is 0 Å². The summed E-state index contributed by atoms with van der Waals surface area (Å²) in [6, 6.07) is 11.1. The SMILES string of the molecule is [2H]C([2H])(O/N=C(\C)c1ccc(CN2CC(C(=O)O)C2)c(CC)c1)c1ccc(C2CCCCC2)c(CF)c1. The Morgan fingerprint density at radius 2 is 1.91 bits per heavy atom. The van der Waals surface area contributed by atoms with Gasteiger partial charge < -0.3 is 9.94 Å². The predicted octanol–water partition coefficient (Wildman–Crippen LogP) is 6.22. The number of halogens is 1. The van der Waals surface area contributed by atoms with E-state index in [4.69, 9.17) is 12.7 Å². The van der Waals surface area contributed by atoms with Gasteiger partial charge in [0, 0.05) is 19.6 Å². The lowest BCUT2D eigenvalue weighted by Gasteiger charge is -2.37. The summed E-state index contributed by atoms with van der Waals surface area (Å²) in [5, 5.41) is 13.2. The Labute approximate surface area is 210 Å². The van der Waals surface area contributed by atoms with Crippen molar-refractivity contribution in [3.8, 4) is 0 Å². The highest BCUT2D eigenvalue weighted by Crippen LogP contribution is 2.35. The second-order valence-electron chi connectivity index (χ2n) is 9.82. The zero-order valence-electron chi connectivity index (χ0n) is 22.7. The fraction of sp³-hybridized carbons (Fsp3) is 0.517. The Hall–Kier alpha value is -2.73. The van der Waals surface area contributed by atoms with Crippen LogP contribution in [0.3, 0.4) is 0 Å². The van der Waals surface area contributed by atoms with E-state index >= 15 is 0 Å². The normalized spacial score (nSPS) is 19.1. The Balaban J connectivity index is 1.44. The van der Waals surface area contributed by atoms with Crippen LogP contribution in [0.2, 0.25) is 0 Å². The second kappa shape index (κ2) is 11.8. The summed E-state index contributed by atoms with van der Waals surface area (Å²) in [7, 11) is 0. The lowest BCUT2D eigenvalue weighted by atomic mass is 9.82. The number of rotatable bonds is 10. The van der Waals surface area contributed by atoms with Gasteiger partial charge in [0.25, 0.3) is 0 Å². The van der Waals surface area contributed by atoms with Crippen LogP contribution in [0.1, 0.15) is 88.0 Å². The summed E-state index contributed by atoms with van der Waals surface area (Å²) >= 11 is 0. The average Bonchev–Trinajstić information content (AvgIpc) is 2.89. The molecule has 35 heavy (non-hydrogen) atoms. The third-order valence-corrected chi connectivity index (χ3v) is 7.38. The first-order valence-corrected chi connectivity index (χ1v) is 12.7. The van der Waals surface area contributed by atoms with E-state index in [0.717, 1.165) is 54.4 Å². The topological polar surface area (TPSA) is 62.1 Å². The molecule has 6 heteroatoms. The molecule has 2 aromatic rings. The van der Waals surface area contributed by atoms with Crippen molar-refractivity contribution in [3.05, 3.63) is 69.8 Å². The van der Waals surface area contributed by atoms with Crippen molar-refractivity contribution in [1.29, 1.82) is 0 Å². The quantitative estimate of drug-likeness (QED) is 0.322. The number of carboxylic acid groups (broad SMARTS) is 1. The first-order valence-electron chi connectivity index (χ1n) is 13.7. The summed E-state index contributed by atoms with van der Waals surface area (Å²) in [5.41, 5.74) is 5.46. The lowest BCUT2D eigenvalue weighted by molar-refractivity contribution is -0.147. The maximum atomic E-state index is 13.9. The molecule has 2 aromatic carbocycles. The summed E-state index contributed by atoms with van der Waals surface area (Å²) in [5.74, 6) is -0.679. The number of aliphatic carboxylic acids is 1. The maximum absolute atomic E-state index is 13.9. The average molecular weight is 483 g/mol. The Morgan fingerprint density at radius 3 is 2.60 bits per heavy atom. The van der Waals surface area contributed by atoms with E-state index < -0.39 is 19.2 Å². The molecule has 2 fully saturated rings. The van der Waals surface area contributed by atoms with Gasteiger partial charge in [0.05, 0.1) is 14.4 Å². The monoisotopic (exact) mass is 482 g/mol.